The van der Waals surface area contributed by atoms with Crippen LogP contribution in [-0.4, -0.2) is 41.8 Å². The molecule has 0 unspecified atom stereocenters. The first-order valence-corrected chi connectivity index (χ1v) is 12.6. The number of methoxy groups -OCH3 is 1. The third-order valence-electron chi connectivity index (χ3n) is 7.10. The number of piperidine rings is 1. The molecule has 5 rings (SSSR count). The SMILES string of the molecule is COc1cccc(-c2noc(CC3CCN(CCC(c4ccccc4)c4ccccc4)CC3)n2)c1. The second-order valence-corrected chi connectivity index (χ2v) is 9.40. The third-order valence-corrected chi connectivity index (χ3v) is 7.10. The van der Waals surface area contributed by atoms with Gasteiger partial charge < -0.3 is 14.2 Å². The average Bonchev–Trinajstić information content (AvgIpc) is 3.39. The number of likely N-dealkylation sites (tertiary alicyclic amines) is 1. The van der Waals surface area contributed by atoms with Crippen LogP contribution in [0.15, 0.2) is 89.5 Å². The Kier molecular flexibility index (Phi) is 7.54. The van der Waals surface area contributed by atoms with E-state index in [0.717, 1.165) is 62.5 Å². The highest BCUT2D eigenvalue weighted by molar-refractivity contribution is 5.56. The van der Waals surface area contributed by atoms with E-state index in [-0.39, 0.29) is 0 Å². The lowest BCUT2D eigenvalue weighted by Gasteiger charge is -2.32. The fraction of sp³-hybridized carbons (Fsp3) is 0.333. The van der Waals surface area contributed by atoms with Gasteiger partial charge in [0.25, 0.3) is 0 Å². The minimum atomic E-state index is 0.434. The lowest BCUT2D eigenvalue weighted by atomic mass is 9.87. The van der Waals surface area contributed by atoms with Gasteiger partial charge in [-0.2, -0.15) is 4.98 Å². The van der Waals surface area contributed by atoms with Gasteiger partial charge in [-0.25, -0.2) is 0 Å². The fourth-order valence-corrected chi connectivity index (χ4v) is 5.09. The van der Waals surface area contributed by atoms with Gasteiger partial charge in [0.2, 0.25) is 11.7 Å². The standard InChI is InChI=1S/C30H33N3O2/c1-34-27-14-8-13-26(22-27)30-31-29(35-32-30)21-23-15-18-33(19-16-23)20-17-28(24-9-4-2-5-10-24)25-11-6-3-7-12-25/h2-14,22-23,28H,15-21H2,1H3. The molecule has 4 aromatic rings. The summed E-state index contributed by atoms with van der Waals surface area (Å²) in [4.78, 5) is 7.26. The van der Waals surface area contributed by atoms with Gasteiger partial charge in [0.15, 0.2) is 0 Å². The Bertz CT molecular complexity index is 1140. The molecule has 0 amide bonds. The largest absolute Gasteiger partial charge is 0.497 e. The van der Waals surface area contributed by atoms with Gasteiger partial charge in [-0.05, 0) is 68.1 Å². The molecular formula is C30H33N3O2. The Labute approximate surface area is 207 Å². The summed E-state index contributed by atoms with van der Waals surface area (Å²) in [6, 6.07) is 29.6. The summed E-state index contributed by atoms with van der Waals surface area (Å²) in [7, 11) is 1.66. The van der Waals surface area contributed by atoms with Crippen molar-refractivity contribution in [1.82, 2.24) is 15.0 Å². The highest BCUT2D eigenvalue weighted by Crippen LogP contribution is 2.30. The molecule has 0 radical (unpaired) electrons. The van der Waals surface area contributed by atoms with Crippen molar-refractivity contribution in [3.63, 3.8) is 0 Å². The van der Waals surface area contributed by atoms with Crippen LogP contribution in [0.25, 0.3) is 11.4 Å². The molecule has 0 bridgehead atoms. The number of rotatable bonds is 9. The first-order chi connectivity index (χ1) is 17.3. The van der Waals surface area contributed by atoms with Crippen molar-refractivity contribution in [1.29, 1.82) is 0 Å². The second-order valence-electron chi connectivity index (χ2n) is 9.40. The Morgan fingerprint density at radius 3 is 2.26 bits per heavy atom. The summed E-state index contributed by atoms with van der Waals surface area (Å²) in [6.07, 6.45) is 4.31. The van der Waals surface area contributed by atoms with E-state index in [9.17, 15) is 0 Å². The van der Waals surface area contributed by atoms with Gasteiger partial charge in [0.05, 0.1) is 7.11 Å². The van der Waals surface area contributed by atoms with E-state index < -0.39 is 0 Å². The smallest absolute Gasteiger partial charge is 0.227 e. The molecule has 1 aliphatic heterocycles. The van der Waals surface area contributed by atoms with Gasteiger partial charge in [-0.15, -0.1) is 0 Å². The number of benzene rings is 3. The first kappa shape index (κ1) is 23.3. The highest BCUT2D eigenvalue weighted by atomic mass is 16.5. The number of hydrogen-bond donors (Lipinski definition) is 0. The molecule has 0 atom stereocenters. The third kappa shape index (κ3) is 5.98. The lowest BCUT2D eigenvalue weighted by molar-refractivity contribution is 0.174. The van der Waals surface area contributed by atoms with E-state index in [2.05, 4.69) is 75.7 Å². The minimum absolute atomic E-state index is 0.434. The van der Waals surface area contributed by atoms with Crippen molar-refractivity contribution in [3.05, 3.63) is 102 Å². The van der Waals surface area contributed by atoms with Gasteiger partial charge in [0.1, 0.15) is 5.75 Å². The predicted octanol–water partition coefficient (Wildman–Crippen LogP) is 6.22. The molecule has 180 valence electrons. The van der Waals surface area contributed by atoms with Crippen LogP contribution in [0.1, 0.15) is 42.2 Å². The molecule has 35 heavy (non-hydrogen) atoms. The van der Waals surface area contributed by atoms with Crippen molar-refractivity contribution < 1.29 is 9.26 Å². The first-order valence-electron chi connectivity index (χ1n) is 12.6. The van der Waals surface area contributed by atoms with E-state index in [1.165, 1.54) is 11.1 Å². The van der Waals surface area contributed by atoms with Crippen LogP contribution in [0, 0.1) is 5.92 Å². The Morgan fingerprint density at radius 1 is 0.914 bits per heavy atom. The zero-order chi connectivity index (χ0) is 23.9. The summed E-state index contributed by atoms with van der Waals surface area (Å²) < 4.78 is 10.9. The van der Waals surface area contributed by atoms with E-state index in [1.54, 1.807) is 7.11 Å². The summed E-state index contributed by atoms with van der Waals surface area (Å²) in [5.74, 6) is 3.18. The number of aromatic nitrogens is 2. The van der Waals surface area contributed by atoms with Gasteiger partial charge >= 0.3 is 0 Å². The van der Waals surface area contributed by atoms with Crippen LogP contribution in [0.5, 0.6) is 5.75 Å². The normalized spacial score (nSPS) is 14.9. The molecule has 1 aliphatic rings. The van der Waals surface area contributed by atoms with E-state index in [1.807, 2.05) is 24.3 Å². The fourth-order valence-electron chi connectivity index (χ4n) is 5.09. The number of hydrogen-bond acceptors (Lipinski definition) is 5. The van der Waals surface area contributed by atoms with Crippen LogP contribution >= 0.6 is 0 Å². The van der Waals surface area contributed by atoms with Crippen LogP contribution in [0.2, 0.25) is 0 Å². The van der Waals surface area contributed by atoms with Crippen LogP contribution < -0.4 is 4.74 Å². The van der Waals surface area contributed by atoms with Crippen LogP contribution in [-0.2, 0) is 6.42 Å². The Hall–Kier alpha value is -3.44. The van der Waals surface area contributed by atoms with Crippen LogP contribution in [0.3, 0.4) is 0 Å². The molecule has 5 heteroatoms. The topological polar surface area (TPSA) is 51.4 Å². The molecule has 0 saturated carbocycles. The molecule has 1 fully saturated rings. The maximum atomic E-state index is 5.58. The van der Waals surface area contributed by atoms with Crippen molar-refractivity contribution in [3.8, 4) is 17.1 Å². The van der Waals surface area contributed by atoms with Crippen molar-refractivity contribution >= 4 is 0 Å². The molecule has 2 heterocycles. The quantitative estimate of drug-likeness (QED) is 0.292. The van der Waals surface area contributed by atoms with E-state index in [4.69, 9.17) is 9.26 Å². The van der Waals surface area contributed by atoms with Gasteiger partial charge in [-0.3, -0.25) is 0 Å². The molecule has 0 N–H and O–H groups in total. The van der Waals surface area contributed by atoms with Crippen molar-refractivity contribution in [2.45, 2.75) is 31.6 Å². The molecule has 0 spiro atoms. The summed E-state index contributed by atoms with van der Waals surface area (Å²) in [5.41, 5.74) is 3.72. The number of nitrogens with zero attached hydrogens (tertiary/aromatic N) is 3. The zero-order valence-corrected chi connectivity index (χ0v) is 20.3. The highest BCUT2D eigenvalue weighted by Gasteiger charge is 2.23. The molecule has 1 saturated heterocycles. The maximum absolute atomic E-state index is 5.58. The molecule has 3 aromatic carbocycles. The molecule has 0 aliphatic carbocycles. The van der Waals surface area contributed by atoms with E-state index in [0.29, 0.717) is 17.7 Å². The zero-order valence-electron chi connectivity index (χ0n) is 20.3. The summed E-state index contributed by atoms with van der Waals surface area (Å²) in [5, 5.41) is 4.20. The maximum Gasteiger partial charge on any atom is 0.227 e. The molecule has 1 aromatic heterocycles. The summed E-state index contributed by atoms with van der Waals surface area (Å²) >= 11 is 0. The summed E-state index contributed by atoms with van der Waals surface area (Å²) in [6.45, 7) is 3.36. The van der Waals surface area contributed by atoms with Gasteiger partial charge in [0, 0.05) is 17.9 Å². The average molecular weight is 468 g/mol. The number of ether oxygens (including phenoxy) is 1. The Balaban J connectivity index is 1.14. The van der Waals surface area contributed by atoms with E-state index >= 15 is 0 Å². The van der Waals surface area contributed by atoms with Crippen molar-refractivity contribution in [2.75, 3.05) is 26.7 Å². The lowest BCUT2D eigenvalue weighted by Crippen LogP contribution is -2.35. The predicted molar refractivity (Wildman–Crippen MR) is 138 cm³/mol. The van der Waals surface area contributed by atoms with Gasteiger partial charge in [-0.1, -0.05) is 78.0 Å². The monoisotopic (exact) mass is 467 g/mol. The second kappa shape index (κ2) is 11.3. The van der Waals surface area contributed by atoms with Crippen molar-refractivity contribution in [2.24, 2.45) is 5.92 Å². The Morgan fingerprint density at radius 2 is 1.60 bits per heavy atom. The minimum Gasteiger partial charge on any atom is -0.497 e. The van der Waals surface area contributed by atoms with Crippen LogP contribution in [0.4, 0.5) is 0 Å². The molecule has 5 nitrogen and oxygen atoms in total. The molecular weight excluding hydrogens is 434 g/mol.